The molecule has 0 fully saturated rings. The van der Waals surface area contributed by atoms with Crippen molar-refractivity contribution in [2.45, 2.75) is 19.8 Å². The summed E-state index contributed by atoms with van der Waals surface area (Å²) in [6.07, 6.45) is 1.26. The summed E-state index contributed by atoms with van der Waals surface area (Å²) in [5.41, 5.74) is 3.96. The molecule has 4 nitrogen and oxygen atoms in total. The number of hydrogen-bond donors (Lipinski definition) is 1. The molecule has 1 aromatic heterocycles. The van der Waals surface area contributed by atoms with E-state index in [-0.39, 0.29) is 12.3 Å². The van der Waals surface area contributed by atoms with Crippen molar-refractivity contribution in [2.75, 3.05) is 12.4 Å². The number of carbonyl (C=O) groups excluding carboxylic acids is 1. The standard InChI is InChI=1S/C20H20N2O2S/c1-3-14-4-8-16(9-5-14)21-19(23)12-20-22-18(13-25-20)15-6-10-17(24-2)11-7-15/h4-11,13H,3,12H2,1-2H3,(H,21,23). The third-order valence-corrected chi connectivity index (χ3v) is 4.74. The van der Waals surface area contributed by atoms with Gasteiger partial charge < -0.3 is 10.1 Å². The van der Waals surface area contributed by atoms with Crippen LogP contribution in [-0.4, -0.2) is 18.0 Å². The fourth-order valence-electron chi connectivity index (χ4n) is 2.45. The minimum absolute atomic E-state index is 0.0557. The second kappa shape index (κ2) is 7.94. The van der Waals surface area contributed by atoms with E-state index in [4.69, 9.17) is 4.74 Å². The molecular weight excluding hydrogens is 332 g/mol. The van der Waals surface area contributed by atoms with Crippen LogP contribution in [0.4, 0.5) is 5.69 Å². The molecule has 0 unspecified atom stereocenters. The highest BCUT2D eigenvalue weighted by atomic mass is 32.1. The summed E-state index contributed by atoms with van der Waals surface area (Å²) >= 11 is 1.50. The van der Waals surface area contributed by atoms with Gasteiger partial charge in [0.05, 0.1) is 19.2 Å². The van der Waals surface area contributed by atoms with E-state index in [0.717, 1.165) is 34.1 Å². The van der Waals surface area contributed by atoms with E-state index in [2.05, 4.69) is 17.2 Å². The van der Waals surface area contributed by atoms with Gasteiger partial charge in [-0.1, -0.05) is 19.1 Å². The Bertz CT molecular complexity index is 839. The zero-order chi connectivity index (χ0) is 17.6. The Morgan fingerprint density at radius 1 is 1.12 bits per heavy atom. The molecule has 0 bridgehead atoms. The number of benzene rings is 2. The van der Waals surface area contributed by atoms with Gasteiger partial charge in [-0.3, -0.25) is 4.79 Å². The Labute approximate surface area is 151 Å². The Kier molecular flexibility index (Phi) is 5.46. The van der Waals surface area contributed by atoms with E-state index in [9.17, 15) is 4.79 Å². The molecule has 5 heteroatoms. The number of amides is 1. The lowest BCUT2D eigenvalue weighted by atomic mass is 10.1. The summed E-state index contributed by atoms with van der Waals surface area (Å²) in [6.45, 7) is 2.11. The van der Waals surface area contributed by atoms with Gasteiger partial charge in [-0.15, -0.1) is 11.3 Å². The van der Waals surface area contributed by atoms with Crippen LogP contribution >= 0.6 is 11.3 Å². The molecule has 0 aliphatic heterocycles. The Morgan fingerprint density at radius 2 is 1.84 bits per heavy atom. The molecule has 0 saturated heterocycles. The fourth-order valence-corrected chi connectivity index (χ4v) is 3.25. The van der Waals surface area contributed by atoms with Gasteiger partial charge in [0.2, 0.25) is 5.91 Å². The Morgan fingerprint density at radius 3 is 2.48 bits per heavy atom. The van der Waals surface area contributed by atoms with Crippen molar-refractivity contribution in [2.24, 2.45) is 0 Å². The molecule has 1 heterocycles. The van der Waals surface area contributed by atoms with Crippen molar-refractivity contribution in [1.29, 1.82) is 0 Å². The molecule has 25 heavy (non-hydrogen) atoms. The summed E-state index contributed by atoms with van der Waals surface area (Å²) in [5, 5.41) is 5.69. The number of thiazole rings is 1. The quantitative estimate of drug-likeness (QED) is 0.707. The highest BCUT2D eigenvalue weighted by Gasteiger charge is 2.10. The molecule has 128 valence electrons. The fraction of sp³-hybridized carbons (Fsp3) is 0.200. The van der Waals surface area contributed by atoms with Crippen LogP contribution in [0.1, 0.15) is 17.5 Å². The smallest absolute Gasteiger partial charge is 0.231 e. The molecular formula is C20H20N2O2S. The number of rotatable bonds is 6. The Hall–Kier alpha value is -2.66. The number of aryl methyl sites for hydroxylation is 1. The maximum absolute atomic E-state index is 12.2. The van der Waals surface area contributed by atoms with Gasteiger partial charge in [-0.25, -0.2) is 4.98 Å². The van der Waals surface area contributed by atoms with Crippen molar-refractivity contribution in [1.82, 2.24) is 4.98 Å². The van der Waals surface area contributed by atoms with Crippen molar-refractivity contribution >= 4 is 22.9 Å². The van der Waals surface area contributed by atoms with Gasteiger partial charge in [0.15, 0.2) is 0 Å². The molecule has 0 saturated carbocycles. The van der Waals surface area contributed by atoms with E-state index in [1.807, 2.05) is 53.9 Å². The average molecular weight is 352 g/mol. The van der Waals surface area contributed by atoms with Gasteiger partial charge in [0.25, 0.3) is 0 Å². The second-order valence-corrected chi connectivity index (χ2v) is 6.57. The molecule has 0 spiro atoms. The van der Waals surface area contributed by atoms with E-state index in [0.29, 0.717) is 0 Å². The lowest BCUT2D eigenvalue weighted by Crippen LogP contribution is -2.14. The number of carbonyl (C=O) groups is 1. The van der Waals surface area contributed by atoms with Crippen molar-refractivity contribution in [3.63, 3.8) is 0 Å². The summed E-state index contributed by atoms with van der Waals surface area (Å²) in [6, 6.07) is 15.7. The highest BCUT2D eigenvalue weighted by molar-refractivity contribution is 7.10. The van der Waals surface area contributed by atoms with Crippen molar-refractivity contribution < 1.29 is 9.53 Å². The zero-order valence-electron chi connectivity index (χ0n) is 14.3. The van der Waals surface area contributed by atoms with Gasteiger partial charge in [-0.05, 0) is 48.4 Å². The molecule has 3 aromatic rings. The number of anilines is 1. The zero-order valence-corrected chi connectivity index (χ0v) is 15.1. The van der Waals surface area contributed by atoms with Crippen LogP contribution in [0.3, 0.4) is 0 Å². The molecule has 0 aliphatic rings. The minimum Gasteiger partial charge on any atom is -0.497 e. The van der Waals surface area contributed by atoms with Crippen LogP contribution in [0, 0.1) is 0 Å². The summed E-state index contributed by atoms with van der Waals surface area (Å²) in [5.74, 6) is 0.757. The van der Waals surface area contributed by atoms with Crippen molar-refractivity contribution in [3.8, 4) is 17.0 Å². The maximum Gasteiger partial charge on any atom is 0.231 e. The summed E-state index contributed by atoms with van der Waals surface area (Å²) < 4.78 is 5.16. The minimum atomic E-state index is -0.0557. The van der Waals surface area contributed by atoms with E-state index in [1.54, 1.807) is 7.11 Å². The molecule has 3 rings (SSSR count). The molecule has 0 aliphatic carbocycles. The lowest BCUT2D eigenvalue weighted by molar-refractivity contribution is -0.115. The van der Waals surface area contributed by atoms with Crippen LogP contribution in [-0.2, 0) is 17.6 Å². The molecule has 0 atom stereocenters. The van der Waals surface area contributed by atoms with Crippen LogP contribution < -0.4 is 10.1 Å². The first-order valence-corrected chi connectivity index (χ1v) is 9.03. The molecule has 1 amide bonds. The Balaban J connectivity index is 1.62. The van der Waals surface area contributed by atoms with Crippen LogP contribution in [0.2, 0.25) is 0 Å². The van der Waals surface area contributed by atoms with Gasteiger partial charge >= 0.3 is 0 Å². The van der Waals surface area contributed by atoms with Crippen LogP contribution in [0.25, 0.3) is 11.3 Å². The molecule has 0 radical (unpaired) electrons. The summed E-state index contributed by atoms with van der Waals surface area (Å²) in [7, 11) is 1.64. The predicted molar refractivity (Wildman–Crippen MR) is 102 cm³/mol. The van der Waals surface area contributed by atoms with E-state index >= 15 is 0 Å². The van der Waals surface area contributed by atoms with Crippen molar-refractivity contribution in [3.05, 3.63) is 64.5 Å². The first-order valence-electron chi connectivity index (χ1n) is 8.15. The lowest BCUT2D eigenvalue weighted by Gasteiger charge is -2.05. The molecule has 2 aromatic carbocycles. The number of ether oxygens (including phenoxy) is 1. The summed E-state index contributed by atoms with van der Waals surface area (Å²) in [4.78, 5) is 16.8. The van der Waals surface area contributed by atoms with Gasteiger partial charge in [0.1, 0.15) is 10.8 Å². The number of methoxy groups -OCH3 is 1. The second-order valence-electron chi connectivity index (χ2n) is 5.63. The van der Waals surface area contributed by atoms with E-state index in [1.165, 1.54) is 16.9 Å². The third-order valence-electron chi connectivity index (χ3n) is 3.90. The first-order chi connectivity index (χ1) is 12.2. The van der Waals surface area contributed by atoms with Crippen LogP contribution in [0.15, 0.2) is 53.9 Å². The van der Waals surface area contributed by atoms with E-state index < -0.39 is 0 Å². The number of nitrogens with zero attached hydrogens (tertiary/aromatic N) is 1. The SMILES string of the molecule is CCc1ccc(NC(=O)Cc2nc(-c3ccc(OC)cc3)cs2)cc1. The number of aromatic nitrogens is 1. The topological polar surface area (TPSA) is 51.2 Å². The largest absolute Gasteiger partial charge is 0.497 e. The van der Waals surface area contributed by atoms with Gasteiger partial charge in [0, 0.05) is 16.6 Å². The maximum atomic E-state index is 12.2. The number of nitrogens with one attached hydrogen (secondary N) is 1. The predicted octanol–water partition coefficient (Wildman–Crippen LogP) is 4.56. The normalized spacial score (nSPS) is 10.5. The average Bonchev–Trinajstić information content (AvgIpc) is 3.10. The van der Waals surface area contributed by atoms with Crippen LogP contribution in [0.5, 0.6) is 5.75 Å². The monoisotopic (exact) mass is 352 g/mol. The van der Waals surface area contributed by atoms with Gasteiger partial charge in [-0.2, -0.15) is 0 Å². The third kappa shape index (κ3) is 4.45. The molecule has 1 N–H and O–H groups in total. The first kappa shape index (κ1) is 17.2. The number of hydrogen-bond acceptors (Lipinski definition) is 4. The highest BCUT2D eigenvalue weighted by Crippen LogP contribution is 2.24.